The first-order valence-electron chi connectivity index (χ1n) is 10.6. The summed E-state index contributed by atoms with van der Waals surface area (Å²) in [5, 5.41) is 7.88. The minimum absolute atomic E-state index is 0.0336. The lowest BCUT2D eigenvalue weighted by atomic mass is 10.0. The zero-order valence-electron chi connectivity index (χ0n) is 19.1. The van der Waals surface area contributed by atoms with E-state index in [1.165, 1.54) is 19.2 Å². The number of sulfonamides is 1. The van der Waals surface area contributed by atoms with E-state index in [1.54, 1.807) is 29.9 Å². The summed E-state index contributed by atoms with van der Waals surface area (Å²) in [6, 6.07) is 17.4. The van der Waals surface area contributed by atoms with Gasteiger partial charge in [0, 0.05) is 25.7 Å². The summed E-state index contributed by atoms with van der Waals surface area (Å²) in [6.07, 6.45) is 0. The van der Waals surface area contributed by atoms with Crippen LogP contribution in [-0.4, -0.2) is 49.3 Å². The summed E-state index contributed by atoms with van der Waals surface area (Å²) in [5.74, 6) is 0.236. The number of amides is 1. The summed E-state index contributed by atoms with van der Waals surface area (Å²) >= 11 is 0. The molecular weight excluding hydrogens is 454 g/mol. The molecule has 0 aliphatic rings. The van der Waals surface area contributed by atoms with Gasteiger partial charge < -0.3 is 10.1 Å². The van der Waals surface area contributed by atoms with Crippen molar-refractivity contribution in [2.45, 2.75) is 11.8 Å². The van der Waals surface area contributed by atoms with Crippen LogP contribution in [0.4, 0.5) is 0 Å². The van der Waals surface area contributed by atoms with Crippen LogP contribution in [0.1, 0.15) is 16.1 Å². The standard InChI is InChI=1S/C24H25N5O4S/c1-16-22-20(15-21(17-7-5-4-6-8-17)27-23(22)29(2)28-16)24(30)25-13-14-26-34(31,32)19-11-9-18(33-3)10-12-19/h4-12,15,26H,13-14H2,1-3H3,(H,25,30). The maximum Gasteiger partial charge on any atom is 0.252 e. The highest BCUT2D eigenvalue weighted by molar-refractivity contribution is 7.89. The molecule has 0 saturated carbocycles. The van der Waals surface area contributed by atoms with E-state index in [0.717, 1.165) is 5.56 Å². The lowest BCUT2D eigenvalue weighted by Crippen LogP contribution is -2.34. The van der Waals surface area contributed by atoms with Gasteiger partial charge >= 0.3 is 0 Å². The molecule has 0 fully saturated rings. The van der Waals surface area contributed by atoms with E-state index in [1.807, 2.05) is 37.3 Å². The number of methoxy groups -OCH3 is 1. The fourth-order valence-electron chi connectivity index (χ4n) is 3.68. The van der Waals surface area contributed by atoms with Gasteiger partial charge in [0.2, 0.25) is 10.0 Å². The molecule has 1 amide bonds. The molecule has 0 bridgehead atoms. The third kappa shape index (κ3) is 4.78. The lowest BCUT2D eigenvalue weighted by Gasteiger charge is -2.11. The largest absolute Gasteiger partial charge is 0.497 e. The van der Waals surface area contributed by atoms with Crippen molar-refractivity contribution in [3.63, 3.8) is 0 Å². The number of rotatable bonds is 8. The summed E-state index contributed by atoms with van der Waals surface area (Å²) in [4.78, 5) is 17.9. The van der Waals surface area contributed by atoms with Gasteiger partial charge in [0.05, 0.1) is 34.3 Å². The van der Waals surface area contributed by atoms with Gasteiger partial charge in [-0.25, -0.2) is 18.1 Å². The van der Waals surface area contributed by atoms with Crippen LogP contribution in [0, 0.1) is 6.92 Å². The number of pyridine rings is 1. The van der Waals surface area contributed by atoms with E-state index in [-0.39, 0.29) is 23.9 Å². The van der Waals surface area contributed by atoms with E-state index in [0.29, 0.717) is 33.7 Å². The third-order valence-corrected chi connectivity index (χ3v) is 6.83. The Morgan fingerprint density at radius 2 is 1.76 bits per heavy atom. The predicted molar refractivity (Wildman–Crippen MR) is 129 cm³/mol. The van der Waals surface area contributed by atoms with Crippen LogP contribution in [0.2, 0.25) is 0 Å². The Morgan fingerprint density at radius 3 is 2.44 bits per heavy atom. The number of ether oxygens (including phenoxy) is 1. The maximum atomic E-state index is 13.1. The molecule has 4 aromatic rings. The van der Waals surface area contributed by atoms with Crippen LogP contribution in [0.25, 0.3) is 22.3 Å². The van der Waals surface area contributed by atoms with Crippen molar-refractivity contribution >= 4 is 27.0 Å². The van der Waals surface area contributed by atoms with Gasteiger partial charge in [-0.05, 0) is 37.3 Å². The highest BCUT2D eigenvalue weighted by atomic mass is 32.2. The smallest absolute Gasteiger partial charge is 0.252 e. The molecular formula is C24H25N5O4S. The molecule has 0 atom stereocenters. The van der Waals surface area contributed by atoms with Crippen LogP contribution in [0.5, 0.6) is 5.75 Å². The van der Waals surface area contributed by atoms with Gasteiger partial charge in [0.25, 0.3) is 5.91 Å². The van der Waals surface area contributed by atoms with Crippen LogP contribution < -0.4 is 14.8 Å². The fraction of sp³-hybridized carbons (Fsp3) is 0.208. The van der Waals surface area contributed by atoms with E-state index < -0.39 is 10.0 Å². The number of benzene rings is 2. The Labute approximate surface area is 197 Å². The summed E-state index contributed by atoms with van der Waals surface area (Å²) in [5.41, 5.74) is 3.26. The van der Waals surface area contributed by atoms with Crippen molar-refractivity contribution in [1.29, 1.82) is 0 Å². The Morgan fingerprint density at radius 1 is 1.06 bits per heavy atom. The first-order chi connectivity index (χ1) is 16.3. The van der Waals surface area contributed by atoms with Crippen molar-refractivity contribution in [2.75, 3.05) is 20.2 Å². The second-order valence-corrected chi connectivity index (χ2v) is 9.42. The first-order valence-corrected chi connectivity index (χ1v) is 12.1. The molecule has 0 radical (unpaired) electrons. The van der Waals surface area contributed by atoms with E-state index in [9.17, 15) is 13.2 Å². The summed E-state index contributed by atoms with van der Waals surface area (Å²) < 4.78 is 34.2. The Hall–Kier alpha value is -3.76. The molecule has 0 spiro atoms. The average Bonchev–Trinajstić information content (AvgIpc) is 3.15. The number of carbonyl (C=O) groups excluding carboxylic acids is 1. The molecule has 2 heterocycles. The van der Waals surface area contributed by atoms with Crippen molar-refractivity contribution < 1.29 is 17.9 Å². The molecule has 9 nitrogen and oxygen atoms in total. The van der Waals surface area contributed by atoms with E-state index in [4.69, 9.17) is 9.72 Å². The Kier molecular flexibility index (Phi) is 6.62. The first kappa shape index (κ1) is 23.4. The van der Waals surface area contributed by atoms with Crippen LogP contribution >= 0.6 is 0 Å². The van der Waals surface area contributed by atoms with Gasteiger partial charge in [0.15, 0.2) is 5.65 Å². The monoisotopic (exact) mass is 479 g/mol. The lowest BCUT2D eigenvalue weighted by molar-refractivity contribution is 0.0956. The number of hydrogen-bond acceptors (Lipinski definition) is 6. The van der Waals surface area contributed by atoms with Gasteiger partial charge in [-0.1, -0.05) is 30.3 Å². The molecule has 2 aromatic carbocycles. The molecule has 0 aliphatic heterocycles. The summed E-state index contributed by atoms with van der Waals surface area (Å²) in [7, 11) is -0.414. The SMILES string of the molecule is COc1ccc(S(=O)(=O)NCCNC(=O)c2cc(-c3ccccc3)nc3c2c(C)nn3C)cc1. The third-order valence-electron chi connectivity index (χ3n) is 5.36. The number of fused-ring (bicyclic) bond motifs is 1. The van der Waals surface area contributed by atoms with E-state index in [2.05, 4.69) is 15.1 Å². The fourth-order valence-corrected chi connectivity index (χ4v) is 4.71. The molecule has 2 N–H and O–H groups in total. The number of aromatic nitrogens is 3. The van der Waals surface area contributed by atoms with Gasteiger partial charge in [0.1, 0.15) is 5.75 Å². The number of nitrogens with one attached hydrogen (secondary N) is 2. The van der Waals surface area contributed by atoms with Gasteiger partial charge in [-0.3, -0.25) is 9.48 Å². The number of hydrogen-bond donors (Lipinski definition) is 2. The van der Waals surface area contributed by atoms with Crippen molar-refractivity contribution in [2.24, 2.45) is 7.05 Å². The minimum Gasteiger partial charge on any atom is -0.497 e. The average molecular weight is 480 g/mol. The minimum atomic E-state index is -3.71. The summed E-state index contributed by atoms with van der Waals surface area (Å²) in [6.45, 7) is 1.97. The normalized spacial score (nSPS) is 11.5. The molecule has 176 valence electrons. The number of carbonyl (C=O) groups is 1. The molecule has 2 aromatic heterocycles. The zero-order valence-corrected chi connectivity index (χ0v) is 19.9. The Bertz CT molecular complexity index is 1430. The van der Waals surface area contributed by atoms with E-state index >= 15 is 0 Å². The van der Waals surface area contributed by atoms with Gasteiger partial charge in [-0.2, -0.15) is 5.10 Å². The topological polar surface area (TPSA) is 115 Å². The highest BCUT2D eigenvalue weighted by Gasteiger charge is 2.19. The second-order valence-electron chi connectivity index (χ2n) is 7.66. The number of nitrogens with zero attached hydrogens (tertiary/aromatic N) is 3. The Balaban J connectivity index is 1.50. The van der Waals surface area contributed by atoms with Crippen molar-refractivity contribution in [3.05, 3.63) is 71.9 Å². The second kappa shape index (κ2) is 9.62. The molecule has 0 unspecified atom stereocenters. The van der Waals surface area contributed by atoms with Gasteiger partial charge in [-0.15, -0.1) is 0 Å². The molecule has 0 saturated heterocycles. The molecule has 10 heteroatoms. The predicted octanol–water partition coefficient (Wildman–Crippen LogP) is 2.66. The van der Waals surface area contributed by atoms with Crippen LogP contribution in [0.3, 0.4) is 0 Å². The molecule has 4 rings (SSSR count). The molecule has 0 aliphatic carbocycles. The van der Waals surface area contributed by atoms with Crippen LogP contribution in [-0.2, 0) is 17.1 Å². The maximum absolute atomic E-state index is 13.1. The van der Waals surface area contributed by atoms with Crippen LogP contribution in [0.15, 0.2) is 65.6 Å². The molecule has 34 heavy (non-hydrogen) atoms. The number of aryl methyl sites for hydroxylation is 2. The quantitative estimate of drug-likeness (QED) is 0.376. The highest BCUT2D eigenvalue weighted by Crippen LogP contribution is 2.26. The zero-order chi connectivity index (χ0) is 24.3. The van der Waals surface area contributed by atoms with Crippen molar-refractivity contribution in [3.8, 4) is 17.0 Å². The van der Waals surface area contributed by atoms with Crippen molar-refractivity contribution in [1.82, 2.24) is 24.8 Å².